The van der Waals surface area contributed by atoms with Crippen molar-refractivity contribution in [2.75, 3.05) is 44.3 Å². The van der Waals surface area contributed by atoms with Crippen LogP contribution in [0.4, 0.5) is 24.8 Å². The van der Waals surface area contributed by atoms with Gasteiger partial charge < -0.3 is 16.0 Å². The van der Waals surface area contributed by atoms with Crippen LogP contribution in [0.25, 0.3) is 0 Å². The van der Waals surface area contributed by atoms with Crippen LogP contribution in [0.3, 0.4) is 0 Å². The van der Waals surface area contributed by atoms with Crippen molar-refractivity contribution in [2.24, 2.45) is 0 Å². The first-order chi connectivity index (χ1) is 17.2. The minimum atomic E-state index is -4.56. The Hall–Kier alpha value is -4.08. The molecule has 9 nitrogen and oxygen atoms in total. The topological polar surface area (TPSA) is 113 Å². The molecular weight excluding hydrogens is 473 g/mol. The summed E-state index contributed by atoms with van der Waals surface area (Å²) < 4.78 is 41.5. The number of carbonyl (C=O) groups is 1. The van der Waals surface area contributed by atoms with Crippen molar-refractivity contribution < 1.29 is 18.0 Å². The molecule has 3 heterocycles. The number of hydrogen-bond acceptors (Lipinski definition) is 8. The van der Waals surface area contributed by atoms with E-state index >= 15 is 0 Å². The molecule has 0 atom stereocenters. The average Bonchev–Trinajstić information content (AvgIpc) is 2.84. The number of carbonyl (C=O) groups excluding carboxylic acids is 1. The molecule has 36 heavy (non-hydrogen) atoms. The number of anilines is 2. The molecule has 3 aromatic rings. The lowest BCUT2D eigenvalue weighted by Gasteiger charge is -2.33. The van der Waals surface area contributed by atoms with Gasteiger partial charge in [-0.2, -0.15) is 18.3 Å². The Morgan fingerprint density at radius 3 is 2.61 bits per heavy atom. The fraction of sp³-hybridized carbons (Fsp3) is 0.292. The van der Waals surface area contributed by atoms with Gasteiger partial charge in [-0.25, -0.2) is 4.98 Å². The van der Waals surface area contributed by atoms with Crippen LogP contribution in [-0.2, 0) is 12.7 Å². The Morgan fingerprint density at radius 2 is 1.89 bits per heavy atom. The summed E-state index contributed by atoms with van der Waals surface area (Å²) in [6.45, 7) is 3.18. The summed E-state index contributed by atoms with van der Waals surface area (Å²) in [4.78, 5) is 24.8. The Labute approximate surface area is 205 Å². The van der Waals surface area contributed by atoms with E-state index < -0.39 is 17.6 Å². The number of amides is 1. The maximum Gasteiger partial charge on any atom is 0.416 e. The van der Waals surface area contributed by atoms with E-state index in [0.717, 1.165) is 19.2 Å². The maximum atomic E-state index is 13.8. The minimum absolute atomic E-state index is 0.0270. The monoisotopic (exact) mass is 496 g/mol. The van der Waals surface area contributed by atoms with Crippen molar-refractivity contribution in [3.63, 3.8) is 0 Å². The first-order valence-electron chi connectivity index (χ1n) is 11.0. The van der Waals surface area contributed by atoms with Crippen molar-refractivity contribution >= 4 is 17.5 Å². The summed E-state index contributed by atoms with van der Waals surface area (Å²) >= 11 is 0. The highest BCUT2D eigenvalue weighted by Crippen LogP contribution is 2.34. The van der Waals surface area contributed by atoms with E-state index in [1.165, 1.54) is 36.8 Å². The van der Waals surface area contributed by atoms with Gasteiger partial charge in [0.05, 0.1) is 17.3 Å². The summed E-state index contributed by atoms with van der Waals surface area (Å²) in [5.41, 5.74) is 5.73. The summed E-state index contributed by atoms with van der Waals surface area (Å²) in [6.07, 6.45) is -0.480. The van der Waals surface area contributed by atoms with E-state index in [-0.39, 0.29) is 35.0 Å². The molecule has 12 heteroatoms. The van der Waals surface area contributed by atoms with Gasteiger partial charge in [0.25, 0.3) is 5.91 Å². The minimum Gasteiger partial charge on any atom is -0.366 e. The van der Waals surface area contributed by atoms with Gasteiger partial charge >= 0.3 is 6.18 Å². The molecule has 0 aliphatic carbocycles. The van der Waals surface area contributed by atoms with E-state index in [2.05, 4.69) is 42.2 Å². The summed E-state index contributed by atoms with van der Waals surface area (Å²) in [5.74, 6) is 4.89. The molecule has 0 saturated carbocycles. The number of alkyl halides is 3. The second-order valence-electron chi connectivity index (χ2n) is 8.32. The predicted molar refractivity (Wildman–Crippen MR) is 127 cm³/mol. The van der Waals surface area contributed by atoms with Crippen LogP contribution < -0.4 is 11.1 Å². The number of piperazine rings is 1. The van der Waals surface area contributed by atoms with Crippen LogP contribution in [0.2, 0.25) is 0 Å². The van der Waals surface area contributed by atoms with E-state index in [1.54, 1.807) is 0 Å². The van der Waals surface area contributed by atoms with Crippen molar-refractivity contribution in [3.05, 3.63) is 70.8 Å². The van der Waals surface area contributed by atoms with Gasteiger partial charge in [-0.05, 0) is 36.7 Å². The highest BCUT2D eigenvalue weighted by molar-refractivity contribution is 6.04. The number of nitrogens with two attached hydrogens (primary N) is 1. The van der Waals surface area contributed by atoms with Crippen molar-refractivity contribution in [3.8, 4) is 11.8 Å². The number of aromatic nitrogens is 4. The van der Waals surface area contributed by atoms with Gasteiger partial charge in [-0.15, -0.1) is 5.10 Å². The molecule has 3 N–H and O–H groups in total. The van der Waals surface area contributed by atoms with E-state index in [4.69, 9.17) is 5.73 Å². The summed E-state index contributed by atoms with van der Waals surface area (Å²) in [6, 6.07) is 5.33. The van der Waals surface area contributed by atoms with Crippen LogP contribution in [0.5, 0.6) is 0 Å². The molecule has 0 unspecified atom stereocenters. The fourth-order valence-electron chi connectivity index (χ4n) is 3.65. The lowest BCUT2D eigenvalue weighted by atomic mass is 10.0. The molecule has 1 saturated heterocycles. The van der Waals surface area contributed by atoms with Gasteiger partial charge in [-0.1, -0.05) is 12.0 Å². The third-order valence-electron chi connectivity index (χ3n) is 5.57. The molecule has 1 aliphatic rings. The van der Waals surface area contributed by atoms with Crippen molar-refractivity contribution in [1.82, 2.24) is 30.0 Å². The first-order valence-corrected chi connectivity index (χ1v) is 11.0. The highest BCUT2D eigenvalue weighted by atomic mass is 19.4. The third-order valence-corrected chi connectivity index (χ3v) is 5.57. The normalized spacial score (nSPS) is 14.7. The molecule has 2 aromatic heterocycles. The SMILES string of the molecule is CN1CCN(Cc2ccc(NC(=O)c3cncc(C#Cc4cnnc(N)n4)c3)cc2C(F)(F)F)CC1. The molecule has 0 bridgehead atoms. The third kappa shape index (κ3) is 6.53. The second kappa shape index (κ2) is 10.7. The largest absolute Gasteiger partial charge is 0.416 e. The number of rotatable bonds is 4. The van der Waals surface area contributed by atoms with E-state index in [9.17, 15) is 18.0 Å². The number of pyridine rings is 1. The zero-order valence-corrected chi connectivity index (χ0v) is 19.4. The number of nitrogens with zero attached hydrogens (tertiary/aromatic N) is 6. The number of likely N-dealkylation sites (N-methyl/N-ethyl adjacent to an activating group) is 1. The lowest BCUT2D eigenvalue weighted by Crippen LogP contribution is -2.44. The van der Waals surface area contributed by atoms with Crippen molar-refractivity contribution in [2.45, 2.75) is 12.7 Å². The van der Waals surface area contributed by atoms with Crippen molar-refractivity contribution in [1.29, 1.82) is 0 Å². The first kappa shape index (κ1) is 25.0. The van der Waals surface area contributed by atoms with Crippen LogP contribution in [0, 0.1) is 11.8 Å². The van der Waals surface area contributed by atoms with Gasteiger partial charge in [-0.3, -0.25) is 14.7 Å². The maximum absolute atomic E-state index is 13.8. The Morgan fingerprint density at radius 1 is 1.11 bits per heavy atom. The zero-order valence-electron chi connectivity index (χ0n) is 19.4. The predicted octanol–water partition coefficient (Wildman–Crippen LogP) is 2.27. The lowest BCUT2D eigenvalue weighted by molar-refractivity contribution is -0.138. The molecule has 1 amide bonds. The molecule has 4 rings (SSSR count). The Bertz CT molecular complexity index is 1310. The molecule has 1 aliphatic heterocycles. The summed E-state index contributed by atoms with van der Waals surface area (Å²) in [5, 5.41) is 9.71. The number of halogens is 3. The van der Waals surface area contributed by atoms with Crippen LogP contribution in [-0.4, -0.2) is 69.1 Å². The highest BCUT2D eigenvalue weighted by Gasteiger charge is 2.34. The van der Waals surface area contributed by atoms with Gasteiger partial charge in [0.2, 0.25) is 5.95 Å². The number of hydrogen-bond donors (Lipinski definition) is 2. The van der Waals surface area contributed by atoms with Crippen LogP contribution in [0.1, 0.15) is 32.7 Å². The smallest absolute Gasteiger partial charge is 0.366 e. The second-order valence-corrected chi connectivity index (χ2v) is 8.32. The average molecular weight is 496 g/mol. The zero-order chi connectivity index (χ0) is 25.7. The van der Waals surface area contributed by atoms with Gasteiger partial charge in [0.1, 0.15) is 5.69 Å². The molecule has 1 fully saturated rings. The standard InChI is InChI=1S/C24H23F3N8O/c1-34-6-8-35(9-7-34)15-17-3-5-19(11-21(17)24(25,26)27)31-22(36)18-10-16(12-29-13-18)2-4-20-14-30-33-23(28)32-20/h3,5,10-14H,6-9,15H2,1H3,(H,31,36)(H2,28,32,33). The molecular formula is C24H23F3N8O. The van der Waals surface area contributed by atoms with E-state index in [0.29, 0.717) is 18.7 Å². The molecule has 0 spiro atoms. The number of nitrogens with one attached hydrogen (secondary N) is 1. The number of benzene rings is 1. The Balaban J connectivity index is 1.50. The molecule has 1 aromatic carbocycles. The Kier molecular flexibility index (Phi) is 7.42. The fourth-order valence-corrected chi connectivity index (χ4v) is 3.65. The quantitative estimate of drug-likeness (QED) is 0.529. The number of nitrogen functional groups attached to an aromatic ring is 1. The summed E-state index contributed by atoms with van der Waals surface area (Å²) in [7, 11) is 1.99. The van der Waals surface area contributed by atoms with E-state index in [1.807, 2.05) is 11.9 Å². The van der Waals surface area contributed by atoms with Gasteiger partial charge in [0.15, 0.2) is 0 Å². The molecule has 0 radical (unpaired) electrons. The van der Waals surface area contributed by atoms with Gasteiger partial charge in [0, 0.05) is 56.4 Å². The molecule has 186 valence electrons. The van der Waals surface area contributed by atoms with Crippen LogP contribution in [0.15, 0.2) is 42.9 Å². The van der Waals surface area contributed by atoms with Crippen LogP contribution >= 0.6 is 0 Å².